The van der Waals surface area contributed by atoms with Crippen LogP contribution in [0.25, 0.3) is 10.8 Å². The fourth-order valence-corrected chi connectivity index (χ4v) is 3.67. The van der Waals surface area contributed by atoms with Crippen molar-refractivity contribution in [3.05, 3.63) is 72.1 Å². The van der Waals surface area contributed by atoms with Crippen molar-refractivity contribution in [1.29, 1.82) is 0 Å². The third-order valence-electron chi connectivity index (χ3n) is 5.12. The summed E-state index contributed by atoms with van der Waals surface area (Å²) in [5.41, 5.74) is 4.24. The van der Waals surface area contributed by atoms with E-state index in [4.69, 9.17) is 0 Å². The van der Waals surface area contributed by atoms with Gasteiger partial charge >= 0.3 is 0 Å². The van der Waals surface area contributed by atoms with E-state index in [1.807, 2.05) is 48.5 Å². The summed E-state index contributed by atoms with van der Waals surface area (Å²) < 4.78 is 2.28. The topological polar surface area (TPSA) is 46.4 Å². The average molecular weight is 345 g/mol. The molecule has 1 aliphatic rings. The molecular formula is C22H23N3O. The molecular weight excluding hydrogens is 322 g/mol. The third kappa shape index (κ3) is 3.69. The molecule has 0 radical (unpaired) electrons. The number of carbonyl (C=O) groups is 1. The molecule has 0 bridgehead atoms. The van der Waals surface area contributed by atoms with Crippen LogP contribution in [0.1, 0.15) is 54.1 Å². The van der Waals surface area contributed by atoms with Crippen molar-refractivity contribution in [2.45, 2.75) is 38.1 Å². The first-order valence-corrected chi connectivity index (χ1v) is 9.29. The Labute approximate surface area is 153 Å². The lowest BCUT2D eigenvalue weighted by molar-refractivity contribution is 0.0955. The molecule has 1 N–H and O–H groups in total. The van der Waals surface area contributed by atoms with Crippen LogP contribution in [0.4, 0.5) is 0 Å². The zero-order valence-corrected chi connectivity index (χ0v) is 14.8. The lowest BCUT2D eigenvalue weighted by Gasteiger charge is -2.23. The first-order chi connectivity index (χ1) is 12.8. The molecule has 1 amide bonds. The number of nitrogens with one attached hydrogen (secondary N) is 1. The maximum atomic E-state index is 12.3. The largest absolute Gasteiger partial charge is 0.351 e. The highest BCUT2D eigenvalue weighted by Gasteiger charge is 2.14. The molecule has 1 aliphatic carbocycles. The van der Waals surface area contributed by atoms with Crippen molar-refractivity contribution in [1.82, 2.24) is 9.99 Å². The molecule has 4 heteroatoms. The number of amides is 1. The van der Waals surface area contributed by atoms with Crippen LogP contribution < -0.4 is 5.43 Å². The Morgan fingerprint density at radius 1 is 1.04 bits per heavy atom. The fraction of sp³-hybridized carbons (Fsp3) is 0.273. The predicted octanol–water partition coefficient (Wildman–Crippen LogP) is 4.91. The van der Waals surface area contributed by atoms with Crippen molar-refractivity contribution in [2.24, 2.45) is 5.10 Å². The molecule has 1 saturated carbocycles. The van der Waals surface area contributed by atoms with E-state index in [-0.39, 0.29) is 5.91 Å². The smallest absolute Gasteiger partial charge is 0.271 e. The van der Waals surface area contributed by atoms with E-state index >= 15 is 0 Å². The molecule has 1 heterocycles. The van der Waals surface area contributed by atoms with E-state index in [9.17, 15) is 4.79 Å². The first kappa shape index (κ1) is 16.6. The van der Waals surface area contributed by atoms with E-state index in [0.717, 1.165) is 16.3 Å². The number of carbonyl (C=O) groups excluding carboxylic acids is 1. The first-order valence-electron chi connectivity index (χ1n) is 9.29. The van der Waals surface area contributed by atoms with Crippen molar-refractivity contribution >= 4 is 22.9 Å². The molecule has 0 aliphatic heterocycles. The van der Waals surface area contributed by atoms with Gasteiger partial charge in [0.05, 0.1) is 6.21 Å². The minimum atomic E-state index is -0.196. The maximum Gasteiger partial charge on any atom is 0.271 e. The molecule has 0 saturated heterocycles. The van der Waals surface area contributed by atoms with Crippen LogP contribution >= 0.6 is 0 Å². The summed E-state index contributed by atoms with van der Waals surface area (Å²) in [5.74, 6) is -0.196. The zero-order chi connectivity index (χ0) is 17.8. The molecule has 1 aromatic heterocycles. The van der Waals surface area contributed by atoms with Crippen LogP contribution in [0.15, 0.2) is 66.0 Å². The Bertz CT molecular complexity index is 935. The van der Waals surface area contributed by atoms with Crippen molar-refractivity contribution in [3.8, 4) is 0 Å². The number of fused-ring (bicyclic) bond motifs is 1. The zero-order valence-electron chi connectivity index (χ0n) is 14.8. The van der Waals surface area contributed by atoms with Gasteiger partial charge < -0.3 is 4.57 Å². The van der Waals surface area contributed by atoms with E-state index in [0.29, 0.717) is 11.6 Å². The normalized spacial score (nSPS) is 15.5. The number of rotatable bonds is 4. The Morgan fingerprint density at radius 2 is 1.85 bits per heavy atom. The van der Waals surface area contributed by atoms with Crippen LogP contribution in [0.2, 0.25) is 0 Å². The number of hydrogen-bond acceptors (Lipinski definition) is 2. The quantitative estimate of drug-likeness (QED) is 0.530. The van der Waals surface area contributed by atoms with Gasteiger partial charge in [0, 0.05) is 29.6 Å². The summed E-state index contributed by atoms with van der Waals surface area (Å²) in [4.78, 5) is 12.3. The van der Waals surface area contributed by atoms with Gasteiger partial charge in [-0.25, -0.2) is 5.43 Å². The molecule has 1 fully saturated rings. The molecule has 0 unspecified atom stereocenters. The fourth-order valence-electron chi connectivity index (χ4n) is 3.67. The summed E-state index contributed by atoms with van der Waals surface area (Å²) in [7, 11) is 0. The van der Waals surface area contributed by atoms with Crippen molar-refractivity contribution < 1.29 is 4.79 Å². The average Bonchev–Trinajstić information content (AvgIpc) is 3.17. The molecule has 132 valence electrons. The third-order valence-corrected chi connectivity index (χ3v) is 5.12. The van der Waals surface area contributed by atoms with E-state index < -0.39 is 0 Å². The number of benzene rings is 2. The number of hydrazone groups is 1. The van der Waals surface area contributed by atoms with E-state index in [1.54, 1.807) is 6.21 Å². The maximum absolute atomic E-state index is 12.3. The Hall–Kier alpha value is -2.88. The van der Waals surface area contributed by atoms with Gasteiger partial charge in [-0.05, 0) is 41.8 Å². The summed E-state index contributed by atoms with van der Waals surface area (Å²) in [5, 5.41) is 6.29. The Morgan fingerprint density at radius 3 is 2.69 bits per heavy atom. The SMILES string of the molecule is O=C(N/N=C\c1ccn(C2CCCCC2)c1)c1ccc2ccccc2c1. The van der Waals surface area contributed by atoms with Crippen LogP contribution in [0.3, 0.4) is 0 Å². The van der Waals surface area contributed by atoms with E-state index in [2.05, 4.69) is 27.5 Å². The Kier molecular flexibility index (Phi) is 4.82. The summed E-state index contributed by atoms with van der Waals surface area (Å²) >= 11 is 0. The highest BCUT2D eigenvalue weighted by atomic mass is 16.2. The minimum absolute atomic E-state index is 0.196. The second-order valence-corrected chi connectivity index (χ2v) is 6.94. The molecule has 26 heavy (non-hydrogen) atoms. The molecule has 0 spiro atoms. The standard InChI is InChI=1S/C22H23N3O/c26-22(20-11-10-18-6-4-5-7-19(18)14-20)24-23-15-17-12-13-25(16-17)21-8-2-1-3-9-21/h4-7,10-16,21H,1-3,8-9H2,(H,24,26)/b23-15-. The molecule has 4 nitrogen and oxygen atoms in total. The van der Waals surface area contributed by atoms with Gasteiger partial charge in [0.1, 0.15) is 0 Å². The highest BCUT2D eigenvalue weighted by Crippen LogP contribution is 2.28. The van der Waals surface area contributed by atoms with Gasteiger partial charge in [-0.2, -0.15) is 5.10 Å². The van der Waals surface area contributed by atoms with Crippen LogP contribution in [-0.4, -0.2) is 16.7 Å². The number of aromatic nitrogens is 1. The van der Waals surface area contributed by atoms with Gasteiger partial charge in [0.2, 0.25) is 0 Å². The second kappa shape index (κ2) is 7.56. The van der Waals surface area contributed by atoms with E-state index in [1.165, 1.54) is 32.1 Å². The van der Waals surface area contributed by atoms with Gasteiger partial charge in [-0.15, -0.1) is 0 Å². The monoisotopic (exact) mass is 345 g/mol. The van der Waals surface area contributed by atoms with Crippen LogP contribution in [0, 0.1) is 0 Å². The van der Waals surface area contributed by atoms with Crippen LogP contribution in [0.5, 0.6) is 0 Å². The van der Waals surface area contributed by atoms with Gasteiger partial charge in [0.15, 0.2) is 0 Å². The molecule has 0 atom stereocenters. The van der Waals surface area contributed by atoms with Gasteiger partial charge in [0.25, 0.3) is 5.91 Å². The molecule has 3 aromatic rings. The second-order valence-electron chi connectivity index (χ2n) is 6.94. The Balaban J connectivity index is 1.39. The van der Waals surface area contributed by atoms with Crippen molar-refractivity contribution in [2.75, 3.05) is 0 Å². The summed E-state index contributed by atoms with van der Waals surface area (Å²) in [6.07, 6.45) is 12.4. The predicted molar refractivity (Wildman–Crippen MR) is 106 cm³/mol. The number of hydrogen-bond donors (Lipinski definition) is 1. The van der Waals surface area contributed by atoms with Crippen molar-refractivity contribution in [3.63, 3.8) is 0 Å². The highest BCUT2D eigenvalue weighted by molar-refractivity contribution is 5.98. The van der Waals surface area contributed by atoms with Gasteiger partial charge in [-0.1, -0.05) is 49.6 Å². The molecule has 4 rings (SSSR count). The summed E-state index contributed by atoms with van der Waals surface area (Å²) in [6, 6.07) is 16.3. The van der Waals surface area contributed by atoms with Gasteiger partial charge in [-0.3, -0.25) is 4.79 Å². The molecule has 2 aromatic carbocycles. The summed E-state index contributed by atoms with van der Waals surface area (Å²) in [6.45, 7) is 0. The minimum Gasteiger partial charge on any atom is -0.351 e. The number of nitrogens with zero attached hydrogens (tertiary/aromatic N) is 2. The lowest BCUT2D eigenvalue weighted by atomic mass is 9.95. The lowest BCUT2D eigenvalue weighted by Crippen LogP contribution is -2.17. The van der Waals surface area contributed by atoms with Crippen LogP contribution in [-0.2, 0) is 0 Å².